The molecule has 0 saturated heterocycles. The summed E-state index contributed by atoms with van der Waals surface area (Å²) in [6.45, 7) is 0. The van der Waals surface area contributed by atoms with Crippen LogP contribution in [0.4, 0.5) is 4.39 Å². The number of sulfonamides is 1. The van der Waals surface area contributed by atoms with Crippen LogP contribution in [0.15, 0.2) is 27.6 Å². The summed E-state index contributed by atoms with van der Waals surface area (Å²) < 4.78 is 41.8. The zero-order valence-electron chi connectivity index (χ0n) is 11.2. The highest BCUT2D eigenvalue weighted by Gasteiger charge is 2.39. The van der Waals surface area contributed by atoms with Crippen molar-refractivity contribution in [1.29, 1.82) is 0 Å². The lowest BCUT2D eigenvalue weighted by atomic mass is 9.82. The van der Waals surface area contributed by atoms with E-state index in [4.69, 9.17) is 18.0 Å². The molecule has 0 heterocycles. The van der Waals surface area contributed by atoms with Gasteiger partial charge in [0.25, 0.3) is 0 Å². The van der Waals surface area contributed by atoms with Gasteiger partial charge in [-0.2, -0.15) is 4.72 Å². The molecule has 0 spiro atoms. The minimum atomic E-state index is -4.02. The van der Waals surface area contributed by atoms with Crippen LogP contribution in [0.3, 0.4) is 0 Å². The summed E-state index contributed by atoms with van der Waals surface area (Å²) >= 11 is 8.15. The molecule has 1 aliphatic rings. The minimum Gasteiger partial charge on any atom is -0.392 e. The van der Waals surface area contributed by atoms with Gasteiger partial charge >= 0.3 is 0 Å². The maximum atomic E-state index is 13.9. The average molecular weight is 395 g/mol. The molecular weight excluding hydrogens is 379 g/mol. The van der Waals surface area contributed by atoms with Gasteiger partial charge in [0.15, 0.2) is 0 Å². The van der Waals surface area contributed by atoms with E-state index in [1.165, 1.54) is 12.1 Å². The third-order valence-corrected chi connectivity index (χ3v) is 6.15. The highest BCUT2D eigenvalue weighted by Crippen LogP contribution is 2.31. The lowest BCUT2D eigenvalue weighted by Gasteiger charge is -2.36. The quantitative estimate of drug-likeness (QED) is 0.770. The molecule has 1 aromatic carbocycles. The fourth-order valence-electron chi connectivity index (χ4n) is 2.56. The van der Waals surface area contributed by atoms with Crippen molar-refractivity contribution < 1.29 is 12.8 Å². The first-order chi connectivity index (χ1) is 9.77. The van der Waals surface area contributed by atoms with E-state index in [-0.39, 0.29) is 4.99 Å². The summed E-state index contributed by atoms with van der Waals surface area (Å²) in [5.41, 5.74) is 4.80. The van der Waals surface area contributed by atoms with Crippen LogP contribution >= 0.6 is 28.1 Å². The van der Waals surface area contributed by atoms with Crippen molar-refractivity contribution >= 4 is 43.2 Å². The summed E-state index contributed by atoms with van der Waals surface area (Å²) in [6.07, 6.45) is 3.77. The largest absolute Gasteiger partial charge is 0.392 e. The third-order valence-electron chi connectivity index (χ3n) is 3.69. The lowest BCUT2D eigenvalue weighted by molar-refractivity contribution is 0.352. The van der Waals surface area contributed by atoms with Gasteiger partial charge in [0.05, 0.1) is 10.5 Å². The Morgan fingerprint density at radius 1 is 1.33 bits per heavy atom. The van der Waals surface area contributed by atoms with Crippen molar-refractivity contribution in [2.75, 3.05) is 0 Å². The fraction of sp³-hybridized carbons (Fsp3) is 0.462. The average Bonchev–Trinajstić information content (AvgIpc) is 2.38. The molecule has 4 nitrogen and oxygen atoms in total. The topological polar surface area (TPSA) is 72.2 Å². The van der Waals surface area contributed by atoms with E-state index < -0.39 is 26.3 Å². The Morgan fingerprint density at radius 2 is 1.95 bits per heavy atom. The van der Waals surface area contributed by atoms with E-state index in [9.17, 15) is 12.8 Å². The fourth-order valence-corrected chi connectivity index (χ4v) is 4.71. The first kappa shape index (κ1) is 16.8. The van der Waals surface area contributed by atoms with Gasteiger partial charge in [-0.15, -0.1) is 0 Å². The Hall–Kier alpha value is -0.570. The standard InChI is InChI=1S/C13H16BrFN2O2S2/c14-9-4-5-11(10(15)8-9)21(18,19)17-13(12(16)20)6-2-1-3-7-13/h4-5,8,17H,1-3,6-7H2,(H2,16,20). The molecule has 1 aliphatic carbocycles. The Balaban J connectivity index is 2.37. The number of rotatable bonds is 4. The molecular formula is C13H16BrFN2O2S2. The monoisotopic (exact) mass is 394 g/mol. The van der Waals surface area contributed by atoms with Crippen LogP contribution < -0.4 is 10.5 Å². The Morgan fingerprint density at radius 3 is 2.48 bits per heavy atom. The van der Waals surface area contributed by atoms with E-state index >= 15 is 0 Å². The predicted octanol–water partition coefficient (Wildman–Crippen LogP) is 2.86. The molecule has 8 heteroatoms. The van der Waals surface area contributed by atoms with E-state index in [2.05, 4.69) is 20.7 Å². The molecule has 0 amide bonds. The zero-order valence-corrected chi connectivity index (χ0v) is 14.5. The van der Waals surface area contributed by atoms with Gasteiger partial charge < -0.3 is 5.73 Å². The second-order valence-electron chi connectivity index (χ2n) is 5.19. The number of hydrogen-bond donors (Lipinski definition) is 2. The number of halogens is 2. The number of nitrogens with two attached hydrogens (primary N) is 1. The van der Waals surface area contributed by atoms with Crippen LogP contribution in [0.25, 0.3) is 0 Å². The van der Waals surface area contributed by atoms with E-state index in [0.29, 0.717) is 17.3 Å². The molecule has 116 valence electrons. The number of thiocarbonyl (C=S) groups is 1. The zero-order chi connectivity index (χ0) is 15.7. The number of nitrogens with one attached hydrogen (secondary N) is 1. The molecule has 0 bridgehead atoms. The SMILES string of the molecule is NC(=S)C1(NS(=O)(=O)c2ccc(Br)cc2F)CCCCC1. The van der Waals surface area contributed by atoms with Crippen molar-refractivity contribution in [2.24, 2.45) is 5.73 Å². The van der Waals surface area contributed by atoms with Gasteiger partial charge in [0, 0.05) is 4.47 Å². The van der Waals surface area contributed by atoms with Gasteiger partial charge in [0.1, 0.15) is 10.7 Å². The normalized spacial score (nSPS) is 18.4. The number of hydrogen-bond acceptors (Lipinski definition) is 3. The molecule has 1 saturated carbocycles. The van der Waals surface area contributed by atoms with Gasteiger partial charge in [-0.05, 0) is 31.0 Å². The molecule has 0 aliphatic heterocycles. The van der Waals surface area contributed by atoms with E-state index in [0.717, 1.165) is 25.3 Å². The molecule has 0 atom stereocenters. The maximum Gasteiger partial charge on any atom is 0.244 e. The maximum absolute atomic E-state index is 13.9. The minimum absolute atomic E-state index is 0.114. The third kappa shape index (κ3) is 3.61. The Kier molecular flexibility index (Phi) is 5.02. The highest BCUT2D eigenvalue weighted by molar-refractivity contribution is 9.10. The lowest BCUT2D eigenvalue weighted by Crippen LogP contribution is -2.57. The molecule has 0 radical (unpaired) electrons. The van der Waals surface area contributed by atoms with Crippen molar-refractivity contribution in [3.63, 3.8) is 0 Å². The molecule has 1 aromatic rings. The summed E-state index contributed by atoms with van der Waals surface area (Å²) in [5.74, 6) is -0.814. The van der Waals surface area contributed by atoms with Crippen molar-refractivity contribution in [3.8, 4) is 0 Å². The molecule has 0 unspecified atom stereocenters. The van der Waals surface area contributed by atoms with Crippen LogP contribution in [0.2, 0.25) is 0 Å². The smallest absolute Gasteiger partial charge is 0.244 e. The first-order valence-electron chi connectivity index (χ1n) is 6.56. The van der Waals surface area contributed by atoms with Crippen molar-refractivity contribution in [2.45, 2.75) is 42.5 Å². The van der Waals surface area contributed by atoms with Gasteiger partial charge in [-0.1, -0.05) is 47.4 Å². The van der Waals surface area contributed by atoms with Crippen LogP contribution in [-0.2, 0) is 10.0 Å². The first-order valence-corrected chi connectivity index (χ1v) is 9.24. The van der Waals surface area contributed by atoms with Gasteiger partial charge in [-0.25, -0.2) is 12.8 Å². The van der Waals surface area contributed by atoms with E-state index in [1.54, 1.807) is 0 Å². The second kappa shape index (κ2) is 6.28. The summed E-state index contributed by atoms with van der Waals surface area (Å²) in [7, 11) is -4.02. The predicted molar refractivity (Wildman–Crippen MR) is 87.0 cm³/mol. The summed E-state index contributed by atoms with van der Waals surface area (Å²) in [4.78, 5) is -0.282. The van der Waals surface area contributed by atoms with Crippen LogP contribution in [0.5, 0.6) is 0 Å². The molecule has 0 aromatic heterocycles. The van der Waals surface area contributed by atoms with E-state index in [1.807, 2.05) is 0 Å². The van der Waals surface area contributed by atoms with Crippen LogP contribution in [0.1, 0.15) is 32.1 Å². The molecule has 3 N–H and O–H groups in total. The number of benzene rings is 1. The Labute approximate surface area is 137 Å². The summed E-state index contributed by atoms with van der Waals surface area (Å²) in [5, 5.41) is 0. The molecule has 1 fully saturated rings. The van der Waals surface area contributed by atoms with Crippen molar-refractivity contribution in [3.05, 3.63) is 28.5 Å². The van der Waals surface area contributed by atoms with Crippen molar-refractivity contribution in [1.82, 2.24) is 4.72 Å². The van der Waals surface area contributed by atoms with Crippen LogP contribution in [0, 0.1) is 5.82 Å². The van der Waals surface area contributed by atoms with Gasteiger partial charge in [-0.3, -0.25) is 0 Å². The van der Waals surface area contributed by atoms with Gasteiger partial charge in [0.2, 0.25) is 10.0 Å². The molecule has 2 rings (SSSR count). The summed E-state index contributed by atoms with van der Waals surface area (Å²) in [6, 6.07) is 3.81. The molecule has 21 heavy (non-hydrogen) atoms. The second-order valence-corrected chi connectivity index (χ2v) is 8.19. The highest BCUT2D eigenvalue weighted by atomic mass is 79.9. The van der Waals surface area contributed by atoms with Crippen LogP contribution in [-0.4, -0.2) is 18.9 Å². The Bertz CT molecular complexity index is 658.